The summed E-state index contributed by atoms with van der Waals surface area (Å²) in [5, 5.41) is 2.56. The van der Waals surface area contributed by atoms with Gasteiger partial charge in [0, 0.05) is 11.8 Å². The molecule has 0 radical (unpaired) electrons. The van der Waals surface area contributed by atoms with Crippen molar-refractivity contribution in [3.63, 3.8) is 0 Å². The summed E-state index contributed by atoms with van der Waals surface area (Å²) in [7, 11) is 0. The SMILES string of the molecule is O=C(Nc1ccc(C(F)(F)F)nc1)c1cc2ncc(-c3ccccc3)cc2s1. The van der Waals surface area contributed by atoms with Gasteiger partial charge in [-0.1, -0.05) is 30.3 Å². The third-order valence-electron chi connectivity index (χ3n) is 4.01. The van der Waals surface area contributed by atoms with Crippen LogP contribution in [-0.4, -0.2) is 15.9 Å². The number of benzene rings is 1. The Hall–Kier alpha value is -3.26. The number of thiophene rings is 1. The molecule has 4 aromatic rings. The Morgan fingerprint density at radius 1 is 0.929 bits per heavy atom. The number of pyridine rings is 2. The maximum Gasteiger partial charge on any atom is 0.433 e. The van der Waals surface area contributed by atoms with Crippen molar-refractivity contribution >= 4 is 33.1 Å². The van der Waals surface area contributed by atoms with Gasteiger partial charge in [0.25, 0.3) is 5.91 Å². The Morgan fingerprint density at radius 3 is 2.39 bits per heavy atom. The van der Waals surface area contributed by atoms with Crippen LogP contribution in [-0.2, 0) is 6.18 Å². The summed E-state index contributed by atoms with van der Waals surface area (Å²) in [6.07, 6.45) is -1.79. The fourth-order valence-electron chi connectivity index (χ4n) is 2.65. The van der Waals surface area contributed by atoms with E-state index >= 15 is 0 Å². The highest BCUT2D eigenvalue weighted by atomic mass is 32.1. The summed E-state index contributed by atoms with van der Waals surface area (Å²) < 4.78 is 38.5. The molecule has 0 aliphatic heterocycles. The van der Waals surface area contributed by atoms with Gasteiger partial charge in [-0.3, -0.25) is 9.78 Å². The number of hydrogen-bond donors (Lipinski definition) is 1. The summed E-state index contributed by atoms with van der Waals surface area (Å²) >= 11 is 1.27. The second-order valence-corrected chi connectivity index (χ2v) is 7.05. The van der Waals surface area contributed by atoms with Crippen molar-refractivity contribution < 1.29 is 18.0 Å². The van der Waals surface area contributed by atoms with Crippen LogP contribution in [0.1, 0.15) is 15.4 Å². The third kappa shape index (κ3) is 3.72. The van der Waals surface area contributed by atoms with Crippen LogP contribution in [0, 0.1) is 0 Å². The Bertz CT molecular complexity index is 1140. The first-order chi connectivity index (χ1) is 13.4. The molecule has 0 fully saturated rings. The molecule has 4 nitrogen and oxygen atoms in total. The van der Waals surface area contributed by atoms with Crippen LogP contribution in [0.4, 0.5) is 18.9 Å². The molecule has 3 aromatic heterocycles. The van der Waals surface area contributed by atoms with Crippen LogP contribution in [0.25, 0.3) is 21.3 Å². The van der Waals surface area contributed by atoms with Gasteiger partial charge in [0.1, 0.15) is 5.69 Å². The third-order valence-corrected chi connectivity index (χ3v) is 5.08. The van der Waals surface area contributed by atoms with E-state index in [9.17, 15) is 18.0 Å². The number of amides is 1. The van der Waals surface area contributed by atoms with Crippen molar-refractivity contribution in [1.29, 1.82) is 0 Å². The van der Waals surface area contributed by atoms with E-state index in [4.69, 9.17) is 0 Å². The quantitative estimate of drug-likeness (QED) is 0.486. The summed E-state index contributed by atoms with van der Waals surface area (Å²) in [6.45, 7) is 0. The zero-order chi connectivity index (χ0) is 19.7. The van der Waals surface area contributed by atoms with Crippen LogP contribution in [0.2, 0.25) is 0 Å². The number of carbonyl (C=O) groups is 1. The number of hydrogen-bond acceptors (Lipinski definition) is 4. The number of fused-ring (bicyclic) bond motifs is 1. The van der Waals surface area contributed by atoms with Crippen molar-refractivity contribution in [1.82, 2.24) is 9.97 Å². The number of carbonyl (C=O) groups excluding carboxylic acids is 1. The number of halogens is 3. The monoisotopic (exact) mass is 399 g/mol. The van der Waals surface area contributed by atoms with E-state index in [1.54, 1.807) is 12.3 Å². The van der Waals surface area contributed by atoms with Crippen LogP contribution in [0.3, 0.4) is 0 Å². The highest BCUT2D eigenvalue weighted by Gasteiger charge is 2.32. The minimum absolute atomic E-state index is 0.188. The van der Waals surface area contributed by atoms with Crippen LogP contribution in [0.15, 0.2) is 67.0 Å². The smallest absolute Gasteiger partial charge is 0.320 e. The zero-order valence-corrected chi connectivity index (χ0v) is 15.0. The van der Waals surface area contributed by atoms with Gasteiger partial charge < -0.3 is 5.32 Å². The minimum Gasteiger partial charge on any atom is -0.320 e. The first kappa shape index (κ1) is 18.1. The molecule has 0 unspecified atom stereocenters. The lowest BCUT2D eigenvalue weighted by Crippen LogP contribution is -2.12. The van der Waals surface area contributed by atoms with Gasteiger partial charge in [0.2, 0.25) is 0 Å². The highest BCUT2D eigenvalue weighted by Crippen LogP contribution is 2.30. The second-order valence-electron chi connectivity index (χ2n) is 5.97. The van der Waals surface area contributed by atoms with E-state index < -0.39 is 17.8 Å². The van der Waals surface area contributed by atoms with Crippen molar-refractivity contribution in [2.75, 3.05) is 5.32 Å². The summed E-state index contributed by atoms with van der Waals surface area (Å²) in [5.74, 6) is -0.425. The molecular weight excluding hydrogens is 387 g/mol. The molecule has 8 heteroatoms. The second kappa shape index (κ2) is 7.05. The summed E-state index contributed by atoms with van der Waals surface area (Å²) in [5.41, 5.74) is 1.82. The molecule has 0 spiro atoms. The predicted octanol–water partition coefficient (Wildman–Crippen LogP) is 5.63. The van der Waals surface area contributed by atoms with Crippen LogP contribution < -0.4 is 5.32 Å². The lowest BCUT2D eigenvalue weighted by atomic mass is 10.1. The predicted molar refractivity (Wildman–Crippen MR) is 102 cm³/mol. The van der Waals surface area contributed by atoms with Gasteiger partial charge in [0.15, 0.2) is 0 Å². The number of nitrogens with zero attached hydrogens (tertiary/aromatic N) is 2. The maximum absolute atomic E-state index is 12.6. The van der Waals surface area contributed by atoms with Gasteiger partial charge in [0.05, 0.1) is 27.0 Å². The number of rotatable bonds is 3. The van der Waals surface area contributed by atoms with Gasteiger partial charge in [-0.05, 0) is 29.8 Å². The molecule has 1 aromatic carbocycles. The largest absolute Gasteiger partial charge is 0.433 e. The number of aromatic nitrogens is 2. The molecule has 3 heterocycles. The average molecular weight is 399 g/mol. The first-order valence-electron chi connectivity index (χ1n) is 8.20. The fraction of sp³-hybridized carbons (Fsp3) is 0.0500. The molecule has 0 saturated carbocycles. The van der Waals surface area contributed by atoms with Crippen molar-refractivity contribution in [3.05, 3.63) is 77.6 Å². The van der Waals surface area contributed by atoms with E-state index in [1.807, 2.05) is 36.4 Å². The van der Waals surface area contributed by atoms with Crippen LogP contribution in [0.5, 0.6) is 0 Å². The Labute approximate surface area is 161 Å². The number of anilines is 1. The number of nitrogens with one attached hydrogen (secondary N) is 1. The zero-order valence-electron chi connectivity index (χ0n) is 14.2. The molecule has 0 aliphatic rings. The van der Waals surface area contributed by atoms with Crippen molar-refractivity contribution in [2.45, 2.75) is 6.18 Å². The molecule has 0 bridgehead atoms. The lowest BCUT2D eigenvalue weighted by Gasteiger charge is -2.07. The van der Waals surface area contributed by atoms with Crippen molar-refractivity contribution in [3.8, 4) is 11.1 Å². The molecule has 1 N–H and O–H groups in total. The molecular formula is C20H12F3N3OS. The van der Waals surface area contributed by atoms with E-state index in [0.717, 1.165) is 28.1 Å². The summed E-state index contributed by atoms with van der Waals surface area (Å²) in [6, 6.07) is 15.4. The normalized spacial score (nSPS) is 11.5. The molecule has 1 amide bonds. The first-order valence-corrected chi connectivity index (χ1v) is 9.01. The minimum atomic E-state index is -4.52. The van der Waals surface area contributed by atoms with Crippen LogP contribution >= 0.6 is 11.3 Å². The Morgan fingerprint density at radius 2 is 1.71 bits per heavy atom. The Kier molecular flexibility index (Phi) is 4.56. The van der Waals surface area contributed by atoms with E-state index in [0.29, 0.717) is 10.4 Å². The highest BCUT2D eigenvalue weighted by molar-refractivity contribution is 7.20. The average Bonchev–Trinajstić information content (AvgIpc) is 3.12. The van der Waals surface area contributed by atoms with Crippen molar-refractivity contribution in [2.24, 2.45) is 0 Å². The molecule has 0 aliphatic carbocycles. The number of alkyl halides is 3. The van der Waals surface area contributed by atoms with E-state index in [1.165, 1.54) is 17.4 Å². The molecule has 0 atom stereocenters. The molecule has 28 heavy (non-hydrogen) atoms. The topological polar surface area (TPSA) is 54.9 Å². The molecule has 140 valence electrons. The maximum atomic E-state index is 12.6. The standard InChI is InChI=1S/C20H12F3N3OS/c21-20(22,23)18-7-6-14(11-25-18)26-19(27)17-9-15-16(28-17)8-13(10-24-15)12-4-2-1-3-5-12/h1-11H,(H,26,27). The van der Waals surface area contributed by atoms with E-state index in [2.05, 4.69) is 15.3 Å². The van der Waals surface area contributed by atoms with E-state index in [-0.39, 0.29) is 5.69 Å². The van der Waals surface area contributed by atoms with Gasteiger partial charge in [-0.15, -0.1) is 11.3 Å². The molecule has 0 saturated heterocycles. The lowest BCUT2D eigenvalue weighted by molar-refractivity contribution is -0.141. The summed E-state index contributed by atoms with van der Waals surface area (Å²) in [4.78, 5) is 20.6. The molecule has 4 rings (SSSR count). The van der Waals surface area contributed by atoms with Gasteiger partial charge in [-0.2, -0.15) is 13.2 Å². The Balaban J connectivity index is 1.56. The van der Waals surface area contributed by atoms with Gasteiger partial charge >= 0.3 is 6.18 Å². The fourth-order valence-corrected chi connectivity index (χ4v) is 3.60. The van der Waals surface area contributed by atoms with Gasteiger partial charge in [-0.25, -0.2) is 4.98 Å².